The normalized spacial score (nSPS) is 15.8. The molecule has 8 rings (SSSR count). The van der Waals surface area contributed by atoms with E-state index < -0.39 is 0 Å². The van der Waals surface area contributed by atoms with E-state index in [1.807, 2.05) is 0 Å². The molecule has 1 atom stereocenters. The number of aryl methyl sites for hydroxylation is 1. The minimum absolute atomic E-state index is 0.136. The second-order valence-electron chi connectivity index (χ2n) is 11.5. The molecule has 7 aromatic rings. The van der Waals surface area contributed by atoms with E-state index in [2.05, 4.69) is 175 Å². The molecule has 0 aliphatic carbocycles. The van der Waals surface area contributed by atoms with Gasteiger partial charge in [-0.3, -0.25) is 0 Å². The summed E-state index contributed by atoms with van der Waals surface area (Å²) in [5, 5.41) is 6.37. The van der Waals surface area contributed by atoms with Crippen LogP contribution in [0.25, 0.3) is 55.4 Å². The molecule has 43 heavy (non-hydrogen) atoms. The Bertz CT molecular complexity index is 2200. The zero-order valence-corrected chi connectivity index (χ0v) is 24.4. The summed E-state index contributed by atoms with van der Waals surface area (Å²) >= 11 is 0. The maximum Gasteiger partial charge on any atom is 0.0799 e. The highest BCUT2D eigenvalue weighted by atomic mass is 15.2. The number of hydrogen-bond donors (Lipinski definition) is 0. The smallest absolute Gasteiger partial charge is 0.0799 e. The summed E-state index contributed by atoms with van der Waals surface area (Å²) in [6.07, 6.45) is 6.91. The monoisotopic (exact) mass is 552 g/mol. The van der Waals surface area contributed by atoms with Gasteiger partial charge in [-0.25, -0.2) is 0 Å². The molecule has 0 saturated carbocycles. The fraction of sp³-hybridized carbons (Fsp3) is 0.0732. The third-order valence-corrected chi connectivity index (χ3v) is 9.06. The van der Waals surface area contributed by atoms with Crippen molar-refractivity contribution >= 4 is 49.8 Å². The van der Waals surface area contributed by atoms with Crippen LogP contribution in [0.5, 0.6) is 0 Å². The number of hydrogen-bond acceptors (Lipinski definition) is 1. The van der Waals surface area contributed by atoms with Gasteiger partial charge in [-0.2, -0.15) is 0 Å². The van der Waals surface area contributed by atoms with E-state index in [0.717, 1.165) is 0 Å². The van der Waals surface area contributed by atoms with Gasteiger partial charge >= 0.3 is 0 Å². The van der Waals surface area contributed by atoms with Crippen LogP contribution in [0.4, 0.5) is 5.69 Å². The number of nitrogens with zero attached hydrogens (tertiary/aromatic N) is 2. The van der Waals surface area contributed by atoms with Crippen LogP contribution in [0.1, 0.15) is 22.7 Å². The van der Waals surface area contributed by atoms with Gasteiger partial charge in [0, 0.05) is 41.4 Å². The second-order valence-corrected chi connectivity index (χ2v) is 11.5. The third kappa shape index (κ3) is 4.02. The number of aromatic nitrogens is 1. The minimum atomic E-state index is 0.136. The SMILES string of the molecule is CN1c2c(ccc3ccccc23)C(=CC=Cc2c(-c3ccccc3)n(C)c3c2ccc2ccccc23)C1c1ccccc1. The number of likely N-dealkylation sites (N-methyl/N-ethyl adjacent to an activating group) is 1. The Morgan fingerprint density at radius 1 is 0.581 bits per heavy atom. The predicted octanol–water partition coefficient (Wildman–Crippen LogP) is 10.4. The van der Waals surface area contributed by atoms with Crippen LogP contribution in [0.15, 0.2) is 146 Å². The van der Waals surface area contributed by atoms with E-state index in [9.17, 15) is 0 Å². The summed E-state index contributed by atoms with van der Waals surface area (Å²) in [6, 6.07) is 48.3. The van der Waals surface area contributed by atoms with Crippen LogP contribution in [-0.4, -0.2) is 11.6 Å². The zero-order valence-electron chi connectivity index (χ0n) is 24.4. The van der Waals surface area contributed by atoms with Crippen molar-refractivity contribution in [3.63, 3.8) is 0 Å². The van der Waals surface area contributed by atoms with Gasteiger partial charge in [0.25, 0.3) is 0 Å². The van der Waals surface area contributed by atoms with Gasteiger partial charge in [-0.15, -0.1) is 0 Å². The Morgan fingerprint density at radius 2 is 1.21 bits per heavy atom. The molecular weight excluding hydrogens is 520 g/mol. The zero-order chi connectivity index (χ0) is 28.9. The van der Waals surface area contributed by atoms with E-state index in [1.54, 1.807) is 0 Å². The summed E-state index contributed by atoms with van der Waals surface area (Å²) < 4.78 is 2.37. The van der Waals surface area contributed by atoms with Gasteiger partial charge in [0.15, 0.2) is 0 Å². The van der Waals surface area contributed by atoms with Crippen LogP contribution in [0.2, 0.25) is 0 Å². The van der Waals surface area contributed by atoms with Crippen LogP contribution in [0, 0.1) is 0 Å². The molecule has 6 aromatic carbocycles. The lowest BCUT2D eigenvalue weighted by Gasteiger charge is -2.24. The molecule has 0 amide bonds. The maximum atomic E-state index is 2.45. The lowest BCUT2D eigenvalue weighted by Crippen LogP contribution is -2.19. The molecule has 0 radical (unpaired) electrons. The molecular formula is C41H32N2. The van der Waals surface area contributed by atoms with E-state index in [4.69, 9.17) is 0 Å². The van der Waals surface area contributed by atoms with Gasteiger partial charge < -0.3 is 9.47 Å². The Kier molecular flexibility index (Phi) is 6.01. The maximum absolute atomic E-state index is 2.45. The molecule has 2 nitrogen and oxygen atoms in total. The summed E-state index contributed by atoms with van der Waals surface area (Å²) in [5.41, 5.74) is 10.2. The standard InChI is InChI=1S/C41H32N2/c1-42-38(30-16-5-3-6-17-30)34(36-26-24-28-14-9-11-20-32(28)40(36)42)22-13-23-35-37-27-25-29-15-10-12-21-33(29)41(37)43(2)39(35)31-18-7-4-8-19-31/h3-27,38H,1-2H3. The molecule has 0 saturated heterocycles. The topological polar surface area (TPSA) is 8.17 Å². The van der Waals surface area contributed by atoms with E-state index in [-0.39, 0.29) is 6.04 Å². The van der Waals surface area contributed by atoms with Gasteiger partial charge in [0.2, 0.25) is 0 Å². The lowest BCUT2D eigenvalue weighted by atomic mass is 9.94. The molecule has 0 fully saturated rings. The summed E-state index contributed by atoms with van der Waals surface area (Å²) in [5.74, 6) is 0. The van der Waals surface area contributed by atoms with Crippen LogP contribution in [0.3, 0.4) is 0 Å². The summed E-state index contributed by atoms with van der Waals surface area (Å²) in [6.45, 7) is 0. The first-order valence-corrected chi connectivity index (χ1v) is 14.9. The molecule has 1 unspecified atom stereocenters. The van der Waals surface area contributed by atoms with Crippen molar-refractivity contribution in [2.45, 2.75) is 6.04 Å². The average Bonchev–Trinajstić information content (AvgIpc) is 3.52. The van der Waals surface area contributed by atoms with Crippen molar-refractivity contribution in [2.24, 2.45) is 7.05 Å². The van der Waals surface area contributed by atoms with Crippen LogP contribution in [-0.2, 0) is 7.05 Å². The molecule has 2 heterocycles. The van der Waals surface area contributed by atoms with E-state index in [0.29, 0.717) is 0 Å². The number of rotatable bonds is 4. The highest BCUT2D eigenvalue weighted by molar-refractivity contribution is 6.12. The Labute approximate surface area is 252 Å². The van der Waals surface area contributed by atoms with E-state index >= 15 is 0 Å². The van der Waals surface area contributed by atoms with Crippen LogP contribution >= 0.6 is 0 Å². The van der Waals surface area contributed by atoms with Crippen molar-refractivity contribution in [2.75, 3.05) is 11.9 Å². The van der Waals surface area contributed by atoms with Crippen molar-refractivity contribution in [1.82, 2.24) is 4.57 Å². The van der Waals surface area contributed by atoms with Crippen molar-refractivity contribution in [3.05, 3.63) is 162 Å². The highest BCUT2D eigenvalue weighted by Crippen LogP contribution is 2.50. The lowest BCUT2D eigenvalue weighted by molar-refractivity contribution is 0.863. The van der Waals surface area contributed by atoms with Gasteiger partial charge in [-0.05, 0) is 27.5 Å². The molecule has 206 valence electrons. The first-order valence-electron chi connectivity index (χ1n) is 14.9. The van der Waals surface area contributed by atoms with Gasteiger partial charge in [0.1, 0.15) is 0 Å². The average molecular weight is 553 g/mol. The largest absolute Gasteiger partial charge is 0.362 e. The third-order valence-electron chi connectivity index (χ3n) is 9.06. The molecule has 1 aromatic heterocycles. The molecule has 0 spiro atoms. The summed E-state index contributed by atoms with van der Waals surface area (Å²) in [4.78, 5) is 2.45. The Hall–Kier alpha value is -5.34. The predicted molar refractivity (Wildman–Crippen MR) is 184 cm³/mol. The fourth-order valence-electron chi connectivity index (χ4n) is 7.19. The molecule has 2 heteroatoms. The van der Waals surface area contributed by atoms with Crippen molar-refractivity contribution < 1.29 is 0 Å². The first-order chi connectivity index (χ1) is 21.2. The number of allylic oxidation sites excluding steroid dienone is 2. The molecule has 0 bridgehead atoms. The Balaban J connectivity index is 1.34. The van der Waals surface area contributed by atoms with Gasteiger partial charge in [-0.1, -0.05) is 152 Å². The van der Waals surface area contributed by atoms with E-state index in [1.165, 1.54) is 71.7 Å². The van der Waals surface area contributed by atoms with Crippen molar-refractivity contribution in [3.8, 4) is 11.3 Å². The van der Waals surface area contributed by atoms with Gasteiger partial charge in [0.05, 0.1) is 22.9 Å². The Morgan fingerprint density at radius 3 is 1.98 bits per heavy atom. The quantitative estimate of drug-likeness (QED) is 0.211. The summed E-state index contributed by atoms with van der Waals surface area (Å²) in [7, 11) is 4.43. The number of fused-ring (bicyclic) bond motifs is 6. The minimum Gasteiger partial charge on any atom is -0.362 e. The molecule has 0 N–H and O–H groups in total. The highest BCUT2D eigenvalue weighted by Gasteiger charge is 2.33. The number of benzene rings is 6. The van der Waals surface area contributed by atoms with Crippen molar-refractivity contribution in [1.29, 1.82) is 0 Å². The fourth-order valence-corrected chi connectivity index (χ4v) is 7.19. The first kappa shape index (κ1) is 25.4. The molecule has 1 aliphatic rings. The van der Waals surface area contributed by atoms with Crippen LogP contribution < -0.4 is 4.90 Å². The second kappa shape index (κ2) is 10.2. The number of anilines is 1. The molecule has 1 aliphatic heterocycles.